The van der Waals surface area contributed by atoms with Crippen molar-refractivity contribution in [1.82, 2.24) is 5.32 Å². The highest BCUT2D eigenvalue weighted by molar-refractivity contribution is 7.92. The average molecular weight is 465 g/mol. The molecule has 33 heavy (non-hydrogen) atoms. The number of carbonyl (C=O) groups excluding carboxylic acids is 1. The van der Waals surface area contributed by atoms with Crippen molar-refractivity contribution in [3.63, 3.8) is 0 Å². The maximum absolute atomic E-state index is 13.6. The minimum atomic E-state index is -3.75. The van der Waals surface area contributed by atoms with Gasteiger partial charge in [0, 0.05) is 24.1 Å². The molecule has 1 spiro atoms. The summed E-state index contributed by atoms with van der Waals surface area (Å²) in [6.45, 7) is 0.723. The van der Waals surface area contributed by atoms with E-state index in [1.165, 1.54) is 40.7 Å². The first kappa shape index (κ1) is 21.6. The molecule has 5 rings (SSSR count). The van der Waals surface area contributed by atoms with Gasteiger partial charge in [0.15, 0.2) is 0 Å². The summed E-state index contributed by atoms with van der Waals surface area (Å²) < 4.78 is 41.7. The molecular weight excluding hydrogens is 439 g/mol. The van der Waals surface area contributed by atoms with Crippen LogP contribution in [0.1, 0.15) is 47.2 Å². The molecule has 1 fully saturated rings. The first-order valence-corrected chi connectivity index (χ1v) is 12.6. The Bertz CT molecular complexity index is 1280. The van der Waals surface area contributed by atoms with Gasteiger partial charge in [-0.25, -0.2) is 12.8 Å². The number of rotatable bonds is 5. The molecule has 1 amide bonds. The van der Waals surface area contributed by atoms with E-state index in [0.29, 0.717) is 12.1 Å². The van der Waals surface area contributed by atoms with Crippen molar-refractivity contribution in [2.24, 2.45) is 0 Å². The molecule has 1 heterocycles. The highest BCUT2D eigenvalue weighted by Crippen LogP contribution is 2.51. The lowest BCUT2D eigenvalue weighted by Gasteiger charge is -2.25. The number of para-hydroxylation sites is 1. The van der Waals surface area contributed by atoms with Crippen LogP contribution in [0.25, 0.3) is 0 Å². The van der Waals surface area contributed by atoms with Crippen molar-refractivity contribution < 1.29 is 17.6 Å². The summed E-state index contributed by atoms with van der Waals surface area (Å²) in [6, 6.07) is 19.7. The first-order valence-electron chi connectivity index (χ1n) is 11.1. The summed E-state index contributed by atoms with van der Waals surface area (Å²) >= 11 is 0. The van der Waals surface area contributed by atoms with E-state index in [0.717, 1.165) is 42.5 Å². The molecule has 0 unspecified atom stereocenters. The van der Waals surface area contributed by atoms with Crippen LogP contribution in [0.3, 0.4) is 0 Å². The molecule has 3 aromatic carbocycles. The Balaban J connectivity index is 1.34. The third-order valence-electron chi connectivity index (χ3n) is 6.82. The van der Waals surface area contributed by atoms with Crippen molar-refractivity contribution >= 4 is 21.6 Å². The molecule has 5 nitrogen and oxygen atoms in total. The number of benzene rings is 3. The maximum atomic E-state index is 13.6. The van der Waals surface area contributed by atoms with E-state index in [9.17, 15) is 17.6 Å². The summed E-state index contributed by atoms with van der Waals surface area (Å²) in [6.07, 6.45) is 4.24. The van der Waals surface area contributed by atoms with E-state index in [1.807, 2.05) is 18.2 Å². The van der Waals surface area contributed by atoms with Crippen LogP contribution < -0.4 is 9.62 Å². The fourth-order valence-corrected chi connectivity index (χ4v) is 6.64. The second kappa shape index (κ2) is 8.30. The number of hydrogen-bond donors (Lipinski definition) is 1. The lowest BCUT2D eigenvalue weighted by atomic mass is 9.81. The van der Waals surface area contributed by atoms with Gasteiger partial charge < -0.3 is 5.32 Å². The summed E-state index contributed by atoms with van der Waals surface area (Å²) in [5, 5.41) is 2.77. The molecule has 3 aromatic rings. The summed E-state index contributed by atoms with van der Waals surface area (Å²) in [4.78, 5) is 12.7. The lowest BCUT2D eigenvalue weighted by Crippen LogP contribution is -2.35. The number of fused-ring (bicyclic) bond motifs is 2. The van der Waals surface area contributed by atoms with Crippen molar-refractivity contribution in [1.29, 1.82) is 0 Å². The summed E-state index contributed by atoms with van der Waals surface area (Å²) in [5.41, 5.74) is 2.94. The van der Waals surface area contributed by atoms with Crippen LogP contribution in [0.5, 0.6) is 0 Å². The number of anilines is 1. The Hall–Kier alpha value is -3.19. The average Bonchev–Trinajstić information content (AvgIpc) is 3.45. The highest BCUT2D eigenvalue weighted by Gasteiger charge is 2.47. The van der Waals surface area contributed by atoms with Crippen molar-refractivity contribution in [3.8, 4) is 0 Å². The highest BCUT2D eigenvalue weighted by atomic mass is 32.2. The van der Waals surface area contributed by atoms with Crippen molar-refractivity contribution in [2.75, 3.05) is 10.8 Å². The monoisotopic (exact) mass is 464 g/mol. The standard InChI is InChI=1S/C26H25FN2O3S/c27-21-11-7-19(8-12-21)17-28-25(30)20-9-13-22(14-10-20)33(31,32)29-18-26(15-3-4-16-26)23-5-1-2-6-24(23)29/h1-2,5-14H,3-4,15-18H2,(H,28,30). The van der Waals surface area contributed by atoms with Crippen LogP contribution in [0.15, 0.2) is 77.7 Å². The van der Waals surface area contributed by atoms with Crippen LogP contribution in [0, 0.1) is 5.82 Å². The van der Waals surface area contributed by atoms with E-state index in [1.54, 1.807) is 12.1 Å². The Morgan fingerprint density at radius 2 is 1.61 bits per heavy atom. The number of nitrogens with zero attached hydrogens (tertiary/aromatic N) is 1. The van der Waals surface area contributed by atoms with Gasteiger partial charge in [0.1, 0.15) is 5.82 Å². The molecule has 0 atom stereocenters. The van der Waals surface area contributed by atoms with Gasteiger partial charge in [-0.15, -0.1) is 0 Å². The lowest BCUT2D eigenvalue weighted by molar-refractivity contribution is 0.0951. The molecule has 1 N–H and O–H groups in total. The number of carbonyl (C=O) groups is 1. The number of sulfonamides is 1. The molecular formula is C26H25FN2O3S. The molecule has 1 aliphatic heterocycles. The molecule has 1 saturated carbocycles. The summed E-state index contributed by atoms with van der Waals surface area (Å²) in [5.74, 6) is -0.652. The number of halogens is 1. The third kappa shape index (κ3) is 3.91. The van der Waals surface area contributed by atoms with Crippen LogP contribution >= 0.6 is 0 Å². The Morgan fingerprint density at radius 1 is 0.939 bits per heavy atom. The van der Waals surface area contributed by atoms with Gasteiger partial charge in [0.05, 0.1) is 10.6 Å². The fraction of sp³-hybridized carbons (Fsp3) is 0.269. The number of amides is 1. The predicted molar refractivity (Wildman–Crippen MR) is 125 cm³/mol. The smallest absolute Gasteiger partial charge is 0.264 e. The third-order valence-corrected chi connectivity index (χ3v) is 8.60. The van der Waals surface area contributed by atoms with Gasteiger partial charge in [-0.3, -0.25) is 9.10 Å². The van der Waals surface area contributed by atoms with E-state index in [4.69, 9.17) is 0 Å². The van der Waals surface area contributed by atoms with E-state index in [2.05, 4.69) is 11.4 Å². The zero-order valence-corrected chi connectivity index (χ0v) is 18.9. The molecule has 1 aliphatic carbocycles. The molecule has 170 valence electrons. The van der Waals surface area contributed by atoms with Gasteiger partial charge in [-0.2, -0.15) is 0 Å². The van der Waals surface area contributed by atoms with Gasteiger partial charge >= 0.3 is 0 Å². The van der Waals surface area contributed by atoms with E-state index in [-0.39, 0.29) is 28.6 Å². The van der Waals surface area contributed by atoms with Gasteiger partial charge in [0.25, 0.3) is 15.9 Å². The van der Waals surface area contributed by atoms with Gasteiger partial charge in [-0.05, 0) is 66.4 Å². The molecule has 0 aromatic heterocycles. The molecule has 0 bridgehead atoms. The zero-order valence-electron chi connectivity index (χ0n) is 18.1. The topological polar surface area (TPSA) is 66.5 Å². The Labute approximate surface area is 193 Å². The summed E-state index contributed by atoms with van der Waals surface area (Å²) in [7, 11) is -3.75. The van der Waals surface area contributed by atoms with Crippen LogP contribution in [-0.4, -0.2) is 20.9 Å². The predicted octanol–water partition coefficient (Wildman–Crippen LogP) is 4.78. The Kier molecular flexibility index (Phi) is 5.44. The quantitative estimate of drug-likeness (QED) is 0.591. The molecule has 2 aliphatic rings. The SMILES string of the molecule is O=C(NCc1ccc(F)cc1)c1ccc(S(=O)(=O)N2CC3(CCCC3)c3ccccc32)cc1. The zero-order chi connectivity index (χ0) is 23.1. The van der Waals surface area contributed by atoms with E-state index < -0.39 is 10.0 Å². The van der Waals surface area contributed by atoms with E-state index >= 15 is 0 Å². The molecule has 0 radical (unpaired) electrons. The first-order chi connectivity index (χ1) is 15.9. The van der Waals surface area contributed by atoms with Crippen molar-refractivity contribution in [3.05, 3.63) is 95.3 Å². The van der Waals surface area contributed by atoms with Gasteiger partial charge in [0.2, 0.25) is 0 Å². The second-order valence-electron chi connectivity index (χ2n) is 8.85. The minimum Gasteiger partial charge on any atom is -0.348 e. The Morgan fingerprint density at radius 3 is 2.30 bits per heavy atom. The number of nitrogens with one attached hydrogen (secondary N) is 1. The largest absolute Gasteiger partial charge is 0.348 e. The maximum Gasteiger partial charge on any atom is 0.264 e. The number of hydrogen-bond acceptors (Lipinski definition) is 3. The van der Waals surface area contributed by atoms with Crippen LogP contribution in [0.4, 0.5) is 10.1 Å². The van der Waals surface area contributed by atoms with Crippen molar-refractivity contribution in [2.45, 2.75) is 42.5 Å². The van der Waals surface area contributed by atoms with Crippen LogP contribution in [0.2, 0.25) is 0 Å². The van der Waals surface area contributed by atoms with Gasteiger partial charge in [-0.1, -0.05) is 43.2 Å². The van der Waals surface area contributed by atoms with Crippen LogP contribution in [-0.2, 0) is 22.0 Å². The molecule has 0 saturated heterocycles. The second-order valence-corrected chi connectivity index (χ2v) is 10.7. The molecule has 7 heteroatoms. The fourth-order valence-electron chi connectivity index (χ4n) is 5.07. The normalized spacial score (nSPS) is 16.7. The minimum absolute atomic E-state index is 0.0934.